The lowest BCUT2D eigenvalue weighted by atomic mass is 10.2. The number of nitrogen functional groups attached to an aromatic ring is 1. The lowest BCUT2D eigenvalue weighted by molar-refractivity contribution is 0.0589. The Balaban J connectivity index is 2.96. The molecule has 0 aromatic heterocycles. The van der Waals surface area contributed by atoms with Gasteiger partial charge in [0.05, 0.1) is 18.5 Å². The van der Waals surface area contributed by atoms with E-state index in [2.05, 4.69) is 0 Å². The van der Waals surface area contributed by atoms with Gasteiger partial charge in [0, 0.05) is 13.1 Å². The molecule has 2 N–H and O–H groups in total. The second-order valence-electron chi connectivity index (χ2n) is 4.96. The number of nitrogens with two attached hydrogens (primary N) is 1. The van der Waals surface area contributed by atoms with Crippen molar-refractivity contribution < 1.29 is 14.3 Å². The molecule has 0 bridgehead atoms. The van der Waals surface area contributed by atoms with Crippen molar-refractivity contribution in [2.45, 2.75) is 26.4 Å². The van der Waals surface area contributed by atoms with E-state index in [1.165, 1.54) is 4.90 Å². The third kappa shape index (κ3) is 3.55. The van der Waals surface area contributed by atoms with E-state index in [1.54, 1.807) is 32.4 Å². The Kier molecular flexibility index (Phi) is 4.06. The van der Waals surface area contributed by atoms with Crippen molar-refractivity contribution in [3.05, 3.63) is 18.2 Å². The highest BCUT2D eigenvalue weighted by Crippen LogP contribution is 2.28. The summed E-state index contributed by atoms with van der Waals surface area (Å²) >= 11 is 0. The molecule has 0 saturated heterocycles. The zero-order valence-electron chi connectivity index (χ0n) is 11.5. The van der Waals surface area contributed by atoms with Crippen molar-refractivity contribution in [2.24, 2.45) is 0 Å². The van der Waals surface area contributed by atoms with Gasteiger partial charge in [-0.15, -0.1) is 0 Å². The van der Waals surface area contributed by atoms with Crippen LogP contribution in [0.25, 0.3) is 0 Å². The first-order chi connectivity index (χ1) is 8.24. The maximum atomic E-state index is 11.9. The fourth-order valence-corrected chi connectivity index (χ4v) is 1.37. The number of anilines is 2. The minimum absolute atomic E-state index is 0.456. The molecule has 0 fully saturated rings. The highest BCUT2D eigenvalue weighted by Gasteiger charge is 2.22. The monoisotopic (exact) mass is 252 g/mol. The second-order valence-corrected chi connectivity index (χ2v) is 4.96. The average Bonchev–Trinajstić information content (AvgIpc) is 2.26. The van der Waals surface area contributed by atoms with Gasteiger partial charge in [0.15, 0.2) is 0 Å². The highest BCUT2D eigenvalue weighted by atomic mass is 16.6. The Labute approximate surface area is 107 Å². The molecule has 0 unspecified atom stereocenters. The van der Waals surface area contributed by atoms with E-state index in [0.29, 0.717) is 17.1 Å². The molecule has 0 heterocycles. The molecule has 100 valence electrons. The van der Waals surface area contributed by atoms with Gasteiger partial charge in [0.2, 0.25) is 0 Å². The molecule has 0 aliphatic rings. The summed E-state index contributed by atoms with van der Waals surface area (Å²) in [4.78, 5) is 13.3. The Bertz CT molecular complexity index is 438. The van der Waals surface area contributed by atoms with Crippen molar-refractivity contribution in [1.82, 2.24) is 0 Å². The van der Waals surface area contributed by atoms with Gasteiger partial charge in [-0.1, -0.05) is 0 Å². The Hall–Kier alpha value is -1.91. The van der Waals surface area contributed by atoms with Crippen LogP contribution >= 0.6 is 0 Å². The lowest BCUT2D eigenvalue weighted by Gasteiger charge is -2.25. The summed E-state index contributed by atoms with van der Waals surface area (Å²) in [5.41, 5.74) is 6.35. The summed E-state index contributed by atoms with van der Waals surface area (Å²) in [6, 6.07) is 5.12. The predicted molar refractivity (Wildman–Crippen MR) is 72.0 cm³/mol. The van der Waals surface area contributed by atoms with Gasteiger partial charge in [-0.25, -0.2) is 4.79 Å². The number of carbonyl (C=O) groups excluding carboxylic acids is 1. The predicted octanol–water partition coefficient (Wildman–Crippen LogP) is 2.65. The first-order valence-electron chi connectivity index (χ1n) is 5.65. The molecule has 0 saturated carbocycles. The molecular formula is C13H20N2O3. The van der Waals surface area contributed by atoms with Gasteiger partial charge < -0.3 is 15.2 Å². The second kappa shape index (κ2) is 5.16. The van der Waals surface area contributed by atoms with Crippen molar-refractivity contribution in [1.29, 1.82) is 0 Å². The van der Waals surface area contributed by atoms with Crippen molar-refractivity contribution in [2.75, 3.05) is 24.8 Å². The van der Waals surface area contributed by atoms with E-state index in [1.807, 2.05) is 20.8 Å². The number of hydrogen-bond acceptors (Lipinski definition) is 4. The molecule has 1 aromatic carbocycles. The Morgan fingerprint density at radius 3 is 2.44 bits per heavy atom. The molecule has 0 radical (unpaired) electrons. The van der Waals surface area contributed by atoms with Gasteiger partial charge in [-0.3, -0.25) is 4.90 Å². The number of ether oxygens (including phenoxy) is 2. The number of methoxy groups -OCH3 is 1. The molecule has 0 aliphatic carbocycles. The van der Waals surface area contributed by atoms with Crippen LogP contribution in [0.5, 0.6) is 5.75 Å². The van der Waals surface area contributed by atoms with Crippen LogP contribution in [0.3, 0.4) is 0 Å². The molecular weight excluding hydrogens is 232 g/mol. The van der Waals surface area contributed by atoms with Crippen LogP contribution in [0.1, 0.15) is 20.8 Å². The van der Waals surface area contributed by atoms with Crippen LogP contribution in [-0.2, 0) is 4.74 Å². The number of amides is 1. The van der Waals surface area contributed by atoms with Crippen LogP contribution in [0.2, 0.25) is 0 Å². The summed E-state index contributed by atoms with van der Waals surface area (Å²) in [6.07, 6.45) is -0.456. The molecule has 5 nitrogen and oxygen atoms in total. The van der Waals surface area contributed by atoms with Crippen molar-refractivity contribution in [3.8, 4) is 5.75 Å². The average molecular weight is 252 g/mol. The number of hydrogen-bond donors (Lipinski definition) is 1. The van der Waals surface area contributed by atoms with Crippen LogP contribution in [0.4, 0.5) is 16.2 Å². The van der Waals surface area contributed by atoms with Crippen LogP contribution < -0.4 is 15.4 Å². The summed E-state index contributed by atoms with van der Waals surface area (Å²) in [5, 5.41) is 0. The van der Waals surface area contributed by atoms with E-state index in [0.717, 1.165) is 0 Å². The van der Waals surface area contributed by atoms with Crippen LogP contribution in [0, 0.1) is 0 Å². The number of benzene rings is 1. The zero-order valence-corrected chi connectivity index (χ0v) is 11.5. The number of carbonyl (C=O) groups is 1. The lowest BCUT2D eigenvalue weighted by Crippen LogP contribution is -2.34. The van der Waals surface area contributed by atoms with Crippen LogP contribution in [0.15, 0.2) is 18.2 Å². The SMILES string of the molecule is COc1ccc(N)c(N(C)C(=O)OC(C)(C)C)c1. The summed E-state index contributed by atoms with van der Waals surface area (Å²) < 4.78 is 10.4. The minimum Gasteiger partial charge on any atom is -0.497 e. The molecule has 18 heavy (non-hydrogen) atoms. The molecule has 1 amide bonds. The van der Waals surface area contributed by atoms with Crippen molar-refractivity contribution >= 4 is 17.5 Å². The molecule has 5 heteroatoms. The quantitative estimate of drug-likeness (QED) is 0.822. The first-order valence-corrected chi connectivity index (χ1v) is 5.65. The van der Waals surface area contributed by atoms with E-state index >= 15 is 0 Å². The standard InChI is InChI=1S/C13H20N2O3/c1-13(2,3)18-12(16)15(4)11-8-9(17-5)6-7-10(11)14/h6-8H,14H2,1-5H3. The largest absolute Gasteiger partial charge is 0.497 e. The molecule has 0 aliphatic heterocycles. The third-order valence-electron chi connectivity index (χ3n) is 2.27. The van der Waals surface area contributed by atoms with E-state index in [9.17, 15) is 4.79 Å². The highest BCUT2D eigenvalue weighted by molar-refractivity contribution is 5.91. The van der Waals surface area contributed by atoms with Gasteiger partial charge >= 0.3 is 6.09 Å². The normalized spacial score (nSPS) is 10.9. The Morgan fingerprint density at radius 1 is 1.33 bits per heavy atom. The summed E-state index contributed by atoms with van der Waals surface area (Å²) in [6.45, 7) is 5.44. The van der Waals surface area contributed by atoms with Gasteiger partial charge in [-0.05, 0) is 32.9 Å². The Morgan fingerprint density at radius 2 is 1.94 bits per heavy atom. The summed E-state index contributed by atoms with van der Waals surface area (Å²) in [5.74, 6) is 0.634. The maximum Gasteiger partial charge on any atom is 0.414 e. The smallest absolute Gasteiger partial charge is 0.414 e. The van der Waals surface area contributed by atoms with E-state index in [-0.39, 0.29) is 0 Å². The molecule has 1 rings (SSSR count). The first kappa shape index (κ1) is 14.2. The molecule has 0 spiro atoms. The van der Waals surface area contributed by atoms with Crippen molar-refractivity contribution in [3.63, 3.8) is 0 Å². The zero-order chi connectivity index (χ0) is 13.9. The minimum atomic E-state index is -0.543. The molecule has 0 atom stereocenters. The molecule has 1 aromatic rings. The summed E-state index contributed by atoms with van der Waals surface area (Å²) in [7, 11) is 3.17. The number of rotatable bonds is 2. The third-order valence-corrected chi connectivity index (χ3v) is 2.27. The number of nitrogens with zero attached hydrogens (tertiary/aromatic N) is 1. The van der Waals surface area contributed by atoms with Gasteiger partial charge in [0.25, 0.3) is 0 Å². The van der Waals surface area contributed by atoms with E-state index < -0.39 is 11.7 Å². The fraction of sp³-hybridized carbons (Fsp3) is 0.462. The van der Waals surface area contributed by atoms with Gasteiger partial charge in [-0.2, -0.15) is 0 Å². The topological polar surface area (TPSA) is 64.8 Å². The van der Waals surface area contributed by atoms with Crippen LogP contribution in [-0.4, -0.2) is 25.9 Å². The maximum absolute atomic E-state index is 11.9. The fourth-order valence-electron chi connectivity index (χ4n) is 1.37. The van der Waals surface area contributed by atoms with E-state index in [4.69, 9.17) is 15.2 Å². The van der Waals surface area contributed by atoms with Gasteiger partial charge in [0.1, 0.15) is 11.4 Å².